The van der Waals surface area contributed by atoms with E-state index in [0.717, 1.165) is 16.3 Å². The zero-order valence-corrected chi connectivity index (χ0v) is 8.91. The van der Waals surface area contributed by atoms with Gasteiger partial charge in [0.1, 0.15) is 5.01 Å². The molecule has 0 fully saturated rings. The molecular formula is C11H8N2OS. The molecule has 0 aliphatic rings. The molecule has 0 amide bonds. The van der Waals surface area contributed by atoms with E-state index in [-0.39, 0.29) is 0 Å². The van der Waals surface area contributed by atoms with E-state index >= 15 is 0 Å². The molecule has 3 nitrogen and oxygen atoms in total. The van der Waals surface area contributed by atoms with Gasteiger partial charge in [0.15, 0.2) is 5.00 Å². The fourth-order valence-corrected chi connectivity index (χ4v) is 2.13. The molecule has 0 N–H and O–H groups in total. The monoisotopic (exact) mass is 216 g/mol. The zero-order chi connectivity index (χ0) is 10.7. The van der Waals surface area contributed by atoms with Crippen molar-refractivity contribution in [1.82, 2.24) is 4.98 Å². The van der Waals surface area contributed by atoms with E-state index in [1.807, 2.05) is 37.3 Å². The lowest BCUT2D eigenvalue weighted by atomic mass is 10.2. The Hall–Kier alpha value is -1.77. The molecule has 0 bridgehead atoms. The average molecular weight is 216 g/mol. The van der Waals surface area contributed by atoms with Crippen molar-refractivity contribution in [2.45, 2.75) is 6.92 Å². The van der Waals surface area contributed by atoms with Gasteiger partial charge in [-0.2, -0.15) is 4.99 Å². The summed E-state index contributed by atoms with van der Waals surface area (Å²) in [6.45, 7) is 1.83. The molecule has 0 aliphatic heterocycles. The first-order valence-electron chi connectivity index (χ1n) is 4.42. The summed E-state index contributed by atoms with van der Waals surface area (Å²) >= 11 is 1.40. The van der Waals surface area contributed by atoms with Crippen molar-refractivity contribution in [3.63, 3.8) is 0 Å². The van der Waals surface area contributed by atoms with Gasteiger partial charge >= 0.3 is 0 Å². The molecule has 1 aromatic heterocycles. The Balaban J connectivity index is 2.47. The standard InChI is InChI=1S/C11H8N2OS/c1-8-10(12-7-14)15-11(13-8)9-5-3-2-4-6-9/h2-6H,1H3. The second-order valence-electron chi connectivity index (χ2n) is 2.98. The summed E-state index contributed by atoms with van der Waals surface area (Å²) in [5.74, 6) is 0. The molecule has 2 rings (SSSR count). The minimum atomic E-state index is 0.629. The molecule has 2 aromatic rings. The van der Waals surface area contributed by atoms with Crippen LogP contribution in [0.25, 0.3) is 10.6 Å². The van der Waals surface area contributed by atoms with Crippen LogP contribution in [0.2, 0.25) is 0 Å². The molecule has 1 aromatic carbocycles. The Morgan fingerprint density at radius 1 is 1.33 bits per heavy atom. The van der Waals surface area contributed by atoms with Crippen LogP contribution in [-0.2, 0) is 4.79 Å². The predicted molar refractivity (Wildman–Crippen MR) is 60.1 cm³/mol. The average Bonchev–Trinajstić information content (AvgIpc) is 2.63. The van der Waals surface area contributed by atoms with Crippen LogP contribution in [0.4, 0.5) is 5.00 Å². The van der Waals surface area contributed by atoms with Crippen molar-refractivity contribution in [3.05, 3.63) is 36.0 Å². The minimum absolute atomic E-state index is 0.629. The lowest BCUT2D eigenvalue weighted by Crippen LogP contribution is -1.75. The zero-order valence-electron chi connectivity index (χ0n) is 8.10. The largest absolute Gasteiger partial charge is 0.241 e. The molecule has 74 valence electrons. The minimum Gasteiger partial charge on any atom is -0.239 e. The highest BCUT2D eigenvalue weighted by Gasteiger charge is 2.07. The summed E-state index contributed by atoms with van der Waals surface area (Å²) in [4.78, 5) is 18.1. The quantitative estimate of drug-likeness (QED) is 0.571. The van der Waals surface area contributed by atoms with Crippen molar-refractivity contribution in [2.75, 3.05) is 0 Å². The number of thiazole rings is 1. The van der Waals surface area contributed by atoms with Crippen LogP contribution < -0.4 is 0 Å². The number of aryl methyl sites for hydroxylation is 1. The van der Waals surface area contributed by atoms with E-state index in [1.165, 1.54) is 17.4 Å². The van der Waals surface area contributed by atoms with Gasteiger partial charge in [0.25, 0.3) is 0 Å². The Bertz CT molecular complexity index is 513. The van der Waals surface area contributed by atoms with Crippen LogP contribution in [0.1, 0.15) is 5.69 Å². The van der Waals surface area contributed by atoms with Gasteiger partial charge in [0.05, 0.1) is 5.69 Å². The van der Waals surface area contributed by atoms with E-state index < -0.39 is 0 Å². The molecule has 0 radical (unpaired) electrons. The van der Waals surface area contributed by atoms with E-state index in [4.69, 9.17) is 0 Å². The number of aliphatic imine (C=N–C) groups is 1. The maximum atomic E-state index is 10.2. The topological polar surface area (TPSA) is 42.3 Å². The SMILES string of the molecule is Cc1nc(-c2ccccc2)sc1N=C=O. The predicted octanol–water partition coefficient (Wildman–Crippen LogP) is 3.09. The normalized spacial score (nSPS) is 9.67. The molecule has 15 heavy (non-hydrogen) atoms. The number of rotatable bonds is 2. The van der Waals surface area contributed by atoms with Gasteiger partial charge in [0, 0.05) is 5.56 Å². The molecule has 0 saturated carbocycles. The van der Waals surface area contributed by atoms with Crippen LogP contribution in [0, 0.1) is 6.92 Å². The highest BCUT2D eigenvalue weighted by molar-refractivity contribution is 7.18. The van der Waals surface area contributed by atoms with Gasteiger partial charge in [-0.05, 0) is 6.92 Å². The Labute approximate surface area is 91.1 Å². The van der Waals surface area contributed by atoms with E-state index in [0.29, 0.717) is 5.00 Å². The summed E-state index contributed by atoms with van der Waals surface area (Å²) in [7, 11) is 0. The Morgan fingerprint density at radius 2 is 2.07 bits per heavy atom. The van der Waals surface area contributed by atoms with Crippen LogP contribution in [0.3, 0.4) is 0 Å². The Morgan fingerprint density at radius 3 is 2.73 bits per heavy atom. The number of aromatic nitrogens is 1. The molecule has 0 aliphatic carbocycles. The van der Waals surface area contributed by atoms with E-state index in [1.54, 1.807) is 0 Å². The highest BCUT2D eigenvalue weighted by atomic mass is 32.1. The number of benzene rings is 1. The molecule has 0 spiro atoms. The number of nitrogens with zero attached hydrogens (tertiary/aromatic N) is 2. The number of isocyanates is 1. The fourth-order valence-electron chi connectivity index (χ4n) is 1.24. The fraction of sp³-hybridized carbons (Fsp3) is 0.0909. The maximum absolute atomic E-state index is 10.2. The molecule has 0 unspecified atom stereocenters. The molecular weight excluding hydrogens is 208 g/mol. The lowest BCUT2D eigenvalue weighted by molar-refractivity contribution is 0.565. The van der Waals surface area contributed by atoms with Crippen molar-refractivity contribution >= 4 is 22.4 Å². The van der Waals surface area contributed by atoms with Gasteiger partial charge in [-0.1, -0.05) is 41.7 Å². The number of hydrogen-bond donors (Lipinski definition) is 0. The maximum Gasteiger partial charge on any atom is 0.241 e. The number of carbonyl (C=O) groups excluding carboxylic acids is 1. The van der Waals surface area contributed by atoms with E-state index in [2.05, 4.69) is 9.98 Å². The Kier molecular flexibility index (Phi) is 2.72. The first kappa shape index (κ1) is 9.77. The summed E-state index contributed by atoms with van der Waals surface area (Å²) in [6, 6.07) is 9.82. The van der Waals surface area contributed by atoms with Crippen LogP contribution in [0.5, 0.6) is 0 Å². The van der Waals surface area contributed by atoms with Gasteiger partial charge < -0.3 is 0 Å². The molecule has 1 heterocycles. The third-order valence-corrected chi connectivity index (χ3v) is 3.04. The van der Waals surface area contributed by atoms with Crippen LogP contribution in [-0.4, -0.2) is 11.1 Å². The van der Waals surface area contributed by atoms with Gasteiger partial charge in [-0.15, -0.1) is 0 Å². The van der Waals surface area contributed by atoms with Gasteiger partial charge in [-0.3, -0.25) is 0 Å². The van der Waals surface area contributed by atoms with Crippen molar-refractivity contribution in [2.24, 2.45) is 4.99 Å². The third kappa shape index (κ3) is 2.01. The second kappa shape index (κ2) is 4.17. The highest BCUT2D eigenvalue weighted by Crippen LogP contribution is 2.33. The summed E-state index contributed by atoms with van der Waals surface area (Å²) in [6.07, 6.45) is 1.54. The number of hydrogen-bond acceptors (Lipinski definition) is 4. The first-order chi connectivity index (χ1) is 7.31. The summed E-state index contributed by atoms with van der Waals surface area (Å²) in [5, 5.41) is 1.51. The molecule has 0 saturated heterocycles. The summed E-state index contributed by atoms with van der Waals surface area (Å²) in [5.41, 5.74) is 1.81. The molecule has 4 heteroatoms. The van der Waals surface area contributed by atoms with Crippen molar-refractivity contribution in [1.29, 1.82) is 0 Å². The van der Waals surface area contributed by atoms with E-state index in [9.17, 15) is 4.79 Å². The van der Waals surface area contributed by atoms with Crippen molar-refractivity contribution < 1.29 is 4.79 Å². The third-order valence-electron chi connectivity index (χ3n) is 1.94. The van der Waals surface area contributed by atoms with Crippen molar-refractivity contribution in [3.8, 4) is 10.6 Å². The lowest BCUT2D eigenvalue weighted by Gasteiger charge is -1.92. The summed E-state index contributed by atoms with van der Waals surface area (Å²) < 4.78 is 0. The molecule has 0 atom stereocenters. The van der Waals surface area contributed by atoms with Gasteiger partial charge in [-0.25, -0.2) is 9.78 Å². The van der Waals surface area contributed by atoms with Crippen LogP contribution in [0.15, 0.2) is 35.3 Å². The smallest absolute Gasteiger partial charge is 0.239 e. The second-order valence-corrected chi connectivity index (χ2v) is 3.96. The van der Waals surface area contributed by atoms with Gasteiger partial charge in [0.2, 0.25) is 6.08 Å². The first-order valence-corrected chi connectivity index (χ1v) is 5.23. The van der Waals surface area contributed by atoms with Crippen LogP contribution >= 0.6 is 11.3 Å².